The fourth-order valence-corrected chi connectivity index (χ4v) is 3.72. The molecule has 2 heteroatoms. The van der Waals surface area contributed by atoms with E-state index in [1.165, 1.54) is 0 Å². The van der Waals surface area contributed by atoms with E-state index in [1.807, 2.05) is 6.92 Å². The van der Waals surface area contributed by atoms with Crippen LogP contribution in [0.15, 0.2) is 11.6 Å². The van der Waals surface area contributed by atoms with Crippen molar-refractivity contribution in [2.24, 2.45) is 23.7 Å². The Balaban J connectivity index is 2.36. The first kappa shape index (κ1) is 13.1. The highest BCUT2D eigenvalue weighted by molar-refractivity contribution is 5.19. The summed E-state index contributed by atoms with van der Waals surface area (Å²) in [4.78, 5) is 0. The Labute approximate surface area is 105 Å². The van der Waals surface area contributed by atoms with Crippen LogP contribution in [0.25, 0.3) is 0 Å². The molecule has 0 spiro atoms. The van der Waals surface area contributed by atoms with E-state index in [9.17, 15) is 10.2 Å². The Morgan fingerprint density at radius 2 is 2.06 bits per heavy atom. The highest BCUT2D eigenvalue weighted by Crippen LogP contribution is 2.50. The molecule has 0 unspecified atom stereocenters. The third kappa shape index (κ3) is 2.06. The Morgan fingerprint density at radius 3 is 2.65 bits per heavy atom. The molecule has 0 amide bonds. The third-order valence-electron chi connectivity index (χ3n) is 5.23. The van der Waals surface area contributed by atoms with E-state index in [-0.39, 0.29) is 17.9 Å². The number of aliphatic hydroxyl groups is 2. The maximum Gasteiger partial charge on any atom is 0.0750 e. The quantitative estimate of drug-likeness (QED) is 0.690. The zero-order valence-electron chi connectivity index (χ0n) is 11.5. The highest BCUT2D eigenvalue weighted by atomic mass is 16.3. The molecule has 0 aromatic rings. The number of rotatable bonds is 1. The van der Waals surface area contributed by atoms with Crippen LogP contribution in [-0.2, 0) is 0 Å². The molecule has 0 saturated heterocycles. The van der Waals surface area contributed by atoms with Gasteiger partial charge in [-0.25, -0.2) is 0 Å². The Bertz CT molecular complexity index is 321. The van der Waals surface area contributed by atoms with Gasteiger partial charge in [-0.1, -0.05) is 26.8 Å². The van der Waals surface area contributed by atoms with E-state index >= 15 is 0 Å². The molecule has 0 radical (unpaired) electrons. The zero-order chi connectivity index (χ0) is 12.8. The molecule has 1 saturated carbocycles. The van der Waals surface area contributed by atoms with E-state index in [0.717, 1.165) is 24.8 Å². The molecule has 98 valence electrons. The van der Waals surface area contributed by atoms with E-state index in [0.29, 0.717) is 11.8 Å². The van der Waals surface area contributed by atoms with Crippen LogP contribution >= 0.6 is 0 Å². The average Bonchev–Trinajstić information content (AvgIpc) is 2.26. The SMILES string of the molecule is CC1=C[C@@H]2[C@@H](C[C@H]1O)[C@@H](C)CC[C@@]2(O)C(C)C. The molecule has 2 rings (SSSR count). The van der Waals surface area contributed by atoms with Crippen LogP contribution in [-0.4, -0.2) is 21.9 Å². The van der Waals surface area contributed by atoms with Gasteiger partial charge in [0.25, 0.3) is 0 Å². The van der Waals surface area contributed by atoms with Gasteiger partial charge in [-0.15, -0.1) is 0 Å². The molecule has 0 aromatic carbocycles. The lowest BCUT2D eigenvalue weighted by atomic mass is 9.57. The van der Waals surface area contributed by atoms with Crippen LogP contribution in [0, 0.1) is 23.7 Å². The van der Waals surface area contributed by atoms with Gasteiger partial charge in [-0.3, -0.25) is 0 Å². The van der Waals surface area contributed by atoms with Gasteiger partial charge >= 0.3 is 0 Å². The molecule has 2 N–H and O–H groups in total. The van der Waals surface area contributed by atoms with Crippen molar-refractivity contribution in [3.8, 4) is 0 Å². The number of hydrogen-bond acceptors (Lipinski definition) is 2. The number of aliphatic hydroxyl groups excluding tert-OH is 1. The van der Waals surface area contributed by atoms with Gasteiger partial charge in [0.15, 0.2) is 0 Å². The van der Waals surface area contributed by atoms with Crippen molar-refractivity contribution < 1.29 is 10.2 Å². The first-order valence-electron chi connectivity index (χ1n) is 6.95. The summed E-state index contributed by atoms with van der Waals surface area (Å²) in [5.41, 5.74) is 0.470. The monoisotopic (exact) mass is 238 g/mol. The van der Waals surface area contributed by atoms with Crippen LogP contribution in [0.4, 0.5) is 0 Å². The van der Waals surface area contributed by atoms with Crippen molar-refractivity contribution >= 4 is 0 Å². The van der Waals surface area contributed by atoms with Gasteiger partial charge < -0.3 is 10.2 Å². The molecule has 17 heavy (non-hydrogen) atoms. The summed E-state index contributed by atoms with van der Waals surface area (Å²) in [5.74, 6) is 1.56. The third-order valence-corrected chi connectivity index (χ3v) is 5.23. The molecule has 2 nitrogen and oxygen atoms in total. The summed E-state index contributed by atoms with van der Waals surface area (Å²) in [5, 5.41) is 20.9. The molecule has 2 aliphatic rings. The molecule has 0 bridgehead atoms. The van der Waals surface area contributed by atoms with Crippen molar-refractivity contribution in [2.45, 2.75) is 58.7 Å². The lowest BCUT2D eigenvalue weighted by molar-refractivity contribution is -0.113. The summed E-state index contributed by atoms with van der Waals surface area (Å²) in [6.45, 7) is 8.47. The second kappa shape index (κ2) is 4.40. The Kier molecular flexibility index (Phi) is 3.39. The van der Waals surface area contributed by atoms with Gasteiger partial charge in [-0.05, 0) is 49.5 Å². The predicted molar refractivity (Wildman–Crippen MR) is 69.5 cm³/mol. The van der Waals surface area contributed by atoms with E-state index in [4.69, 9.17) is 0 Å². The van der Waals surface area contributed by atoms with Crippen LogP contribution in [0.1, 0.15) is 47.0 Å². The first-order chi connectivity index (χ1) is 7.86. The Hall–Kier alpha value is -0.340. The molecule has 5 atom stereocenters. The molecular weight excluding hydrogens is 212 g/mol. The lowest BCUT2D eigenvalue weighted by Crippen LogP contribution is -2.52. The van der Waals surface area contributed by atoms with Gasteiger partial charge in [0.05, 0.1) is 11.7 Å². The summed E-state index contributed by atoms with van der Waals surface area (Å²) in [6.07, 6.45) is 4.65. The average molecular weight is 238 g/mol. The predicted octanol–water partition coefficient (Wildman–Crippen LogP) is 2.75. The Morgan fingerprint density at radius 1 is 1.41 bits per heavy atom. The minimum Gasteiger partial charge on any atom is -0.389 e. The molecule has 2 aliphatic carbocycles. The van der Waals surface area contributed by atoms with E-state index in [2.05, 4.69) is 26.8 Å². The van der Waals surface area contributed by atoms with Crippen LogP contribution in [0.2, 0.25) is 0 Å². The summed E-state index contributed by atoms with van der Waals surface area (Å²) >= 11 is 0. The summed E-state index contributed by atoms with van der Waals surface area (Å²) in [7, 11) is 0. The summed E-state index contributed by atoms with van der Waals surface area (Å²) in [6, 6.07) is 0. The van der Waals surface area contributed by atoms with Crippen molar-refractivity contribution in [3.05, 3.63) is 11.6 Å². The highest BCUT2D eigenvalue weighted by Gasteiger charge is 2.49. The maximum absolute atomic E-state index is 10.9. The van der Waals surface area contributed by atoms with Crippen molar-refractivity contribution in [2.75, 3.05) is 0 Å². The molecule has 0 aliphatic heterocycles. The topological polar surface area (TPSA) is 40.5 Å². The fraction of sp³-hybridized carbons (Fsp3) is 0.867. The van der Waals surface area contributed by atoms with Gasteiger partial charge in [0, 0.05) is 5.92 Å². The van der Waals surface area contributed by atoms with E-state index < -0.39 is 5.60 Å². The zero-order valence-corrected chi connectivity index (χ0v) is 11.5. The molecule has 0 aromatic heterocycles. The maximum atomic E-state index is 10.9. The number of fused-ring (bicyclic) bond motifs is 1. The fourth-order valence-electron chi connectivity index (χ4n) is 3.72. The second-order valence-corrected chi connectivity index (χ2v) is 6.51. The van der Waals surface area contributed by atoms with Crippen LogP contribution in [0.3, 0.4) is 0 Å². The van der Waals surface area contributed by atoms with Crippen molar-refractivity contribution in [1.82, 2.24) is 0 Å². The standard InChI is InChI=1S/C15H26O2/c1-9(2)15(17)6-5-10(3)12-8-14(16)11(4)7-13(12)15/h7,9-10,12-14,16-17H,5-6,8H2,1-4H3/t10-,12-,13+,14+,15+/m0/s1. The lowest BCUT2D eigenvalue weighted by Gasteiger charge is -2.51. The molecule has 0 heterocycles. The first-order valence-corrected chi connectivity index (χ1v) is 6.95. The van der Waals surface area contributed by atoms with Gasteiger partial charge in [0.2, 0.25) is 0 Å². The second-order valence-electron chi connectivity index (χ2n) is 6.51. The van der Waals surface area contributed by atoms with Crippen LogP contribution < -0.4 is 0 Å². The molecule has 1 fully saturated rings. The smallest absolute Gasteiger partial charge is 0.0750 e. The number of hydrogen-bond donors (Lipinski definition) is 2. The van der Waals surface area contributed by atoms with Crippen molar-refractivity contribution in [3.63, 3.8) is 0 Å². The summed E-state index contributed by atoms with van der Waals surface area (Å²) < 4.78 is 0. The largest absolute Gasteiger partial charge is 0.389 e. The normalized spacial score (nSPS) is 46.6. The molecular formula is C15H26O2. The minimum atomic E-state index is -0.571. The van der Waals surface area contributed by atoms with Gasteiger partial charge in [0.1, 0.15) is 0 Å². The minimum absolute atomic E-state index is 0.231. The van der Waals surface area contributed by atoms with E-state index in [1.54, 1.807) is 0 Å². The van der Waals surface area contributed by atoms with Gasteiger partial charge in [-0.2, -0.15) is 0 Å². The van der Waals surface area contributed by atoms with Crippen LogP contribution in [0.5, 0.6) is 0 Å². The van der Waals surface area contributed by atoms with Crippen molar-refractivity contribution in [1.29, 1.82) is 0 Å².